The minimum absolute atomic E-state index is 0.125. The fourth-order valence-corrected chi connectivity index (χ4v) is 2.12. The van der Waals surface area contributed by atoms with Crippen LogP contribution in [0, 0.1) is 0 Å². The van der Waals surface area contributed by atoms with Gasteiger partial charge in [0, 0.05) is 45.8 Å². The maximum Gasteiger partial charge on any atom is 0.323 e. The molecule has 7 heteroatoms. The number of urea groups is 1. The van der Waals surface area contributed by atoms with Gasteiger partial charge in [-0.15, -0.1) is 0 Å². The summed E-state index contributed by atoms with van der Waals surface area (Å²) < 4.78 is 6.80. The average Bonchev–Trinajstić information content (AvgIpc) is 3.02. The third-order valence-corrected chi connectivity index (χ3v) is 3.63. The van der Waals surface area contributed by atoms with E-state index >= 15 is 0 Å². The zero-order valence-corrected chi connectivity index (χ0v) is 13.8. The van der Waals surface area contributed by atoms with Crippen molar-refractivity contribution in [3.8, 4) is 0 Å². The molecule has 0 radical (unpaired) electrons. The maximum atomic E-state index is 12.3. The quantitative estimate of drug-likeness (QED) is 0.797. The lowest BCUT2D eigenvalue weighted by Gasteiger charge is -2.24. The van der Waals surface area contributed by atoms with Crippen LogP contribution in [0.3, 0.4) is 0 Å². The summed E-state index contributed by atoms with van der Waals surface area (Å²) in [5, 5.41) is 7.12. The fraction of sp³-hybridized carbons (Fsp3) is 0.438. The van der Waals surface area contributed by atoms with Crippen molar-refractivity contribution in [1.29, 1.82) is 0 Å². The number of methoxy groups -OCH3 is 1. The molecular formula is C16H23N5O2. The van der Waals surface area contributed by atoms with Crippen LogP contribution in [0.4, 0.5) is 10.6 Å². The molecule has 0 spiro atoms. The number of nitrogens with one attached hydrogen (secondary N) is 1. The third kappa shape index (κ3) is 4.79. The average molecular weight is 317 g/mol. The van der Waals surface area contributed by atoms with E-state index < -0.39 is 0 Å². The number of anilines is 1. The highest BCUT2D eigenvalue weighted by atomic mass is 16.5. The molecule has 1 N–H and O–H groups in total. The van der Waals surface area contributed by atoms with Crippen LogP contribution in [-0.2, 0) is 11.3 Å². The van der Waals surface area contributed by atoms with Crippen molar-refractivity contribution in [3.05, 3.63) is 42.4 Å². The highest BCUT2D eigenvalue weighted by Crippen LogP contribution is 2.17. The molecule has 1 atom stereocenters. The maximum absolute atomic E-state index is 12.3. The van der Waals surface area contributed by atoms with Crippen LogP contribution in [0.1, 0.15) is 25.1 Å². The van der Waals surface area contributed by atoms with E-state index in [4.69, 9.17) is 4.74 Å². The number of pyridine rings is 1. The number of nitrogens with zero attached hydrogens (tertiary/aromatic N) is 4. The zero-order valence-electron chi connectivity index (χ0n) is 13.8. The molecular weight excluding hydrogens is 294 g/mol. The standard InChI is InChI=1S/C16H23N5O2/c1-13(14-7-4-5-9-17-14)20(2)16(22)18-15-8-11-21(19-15)10-6-12-23-3/h4-5,7-9,11,13H,6,10,12H2,1-3H3,(H,18,19,22)/t13-/m1/s1. The zero-order chi connectivity index (χ0) is 16.7. The predicted molar refractivity (Wildman–Crippen MR) is 88.2 cm³/mol. The topological polar surface area (TPSA) is 72.3 Å². The summed E-state index contributed by atoms with van der Waals surface area (Å²) in [4.78, 5) is 18.2. The Balaban J connectivity index is 1.91. The van der Waals surface area contributed by atoms with Crippen molar-refractivity contribution in [1.82, 2.24) is 19.7 Å². The number of aromatic nitrogens is 3. The van der Waals surface area contributed by atoms with E-state index in [1.54, 1.807) is 36.0 Å². The molecule has 2 aromatic heterocycles. The van der Waals surface area contributed by atoms with Gasteiger partial charge in [0.25, 0.3) is 0 Å². The van der Waals surface area contributed by atoms with Gasteiger partial charge in [-0.25, -0.2) is 4.79 Å². The van der Waals surface area contributed by atoms with E-state index in [0.717, 1.165) is 18.7 Å². The molecule has 0 saturated carbocycles. The van der Waals surface area contributed by atoms with Gasteiger partial charge in [-0.05, 0) is 25.5 Å². The molecule has 0 unspecified atom stereocenters. The minimum Gasteiger partial charge on any atom is -0.385 e. The number of ether oxygens (including phenoxy) is 1. The van der Waals surface area contributed by atoms with Crippen LogP contribution in [0.25, 0.3) is 0 Å². The summed E-state index contributed by atoms with van der Waals surface area (Å²) in [5.74, 6) is 0.535. The van der Waals surface area contributed by atoms with E-state index in [2.05, 4.69) is 15.4 Å². The second-order valence-electron chi connectivity index (χ2n) is 5.28. The summed E-state index contributed by atoms with van der Waals surface area (Å²) in [6.07, 6.45) is 4.44. The number of aryl methyl sites for hydroxylation is 1. The fourth-order valence-electron chi connectivity index (χ4n) is 2.12. The Morgan fingerprint density at radius 2 is 2.26 bits per heavy atom. The van der Waals surface area contributed by atoms with Crippen LogP contribution >= 0.6 is 0 Å². The van der Waals surface area contributed by atoms with Crippen LogP contribution in [0.5, 0.6) is 0 Å². The molecule has 2 aromatic rings. The second-order valence-corrected chi connectivity index (χ2v) is 5.28. The van der Waals surface area contributed by atoms with Crippen molar-refractivity contribution >= 4 is 11.8 Å². The van der Waals surface area contributed by atoms with Gasteiger partial charge in [-0.2, -0.15) is 5.10 Å². The van der Waals surface area contributed by atoms with Crippen LogP contribution < -0.4 is 5.32 Å². The number of amides is 2. The Labute approximate surface area is 136 Å². The summed E-state index contributed by atoms with van der Waals surface area (Å²) in [6, 6.07) is 7.10. The van der Waals surface area contributed by atoms with Gasteiger partial charge in [0.05, 0.1) is 11.7 Å². The van der Waals surface area contributed by atoms with Gasteiger partial charge in [0.2, 0.25) is 0 Å². The number of hydrogen-bond acceptors (Lipinski definition) is 4. The van der Waals surface area contributed by atoms with E-state index in [1.807, 2.05) is 31.3 Å². The molecule has 0 fully saturated rings. The van der Waals surface area contributed by atoms with Gasteiger partial charge in [-0.1, -0.05) is 6.07 Å². The number of carbonyl (C=O) groups excluding carboxylic acids is 1. The van der Waals surface area contributed by atoms with E-state index in [9.17, 15) is 4.79 Å². The monoisotopic (exact) mass is 317 g/mol. The molecule has 23 heavy (non-hydrogen) atoms. The predicted octanol–water partition coefficient (Wildman–Crippen LogP) is 2.54. The lowest BCUT2D eigenvalue weighted by atomic mass is 10.2. The van der Waals surface area contributed by atoms with Crippen molar-refractivity contribution in [2.45, 2.75) is 25.9 Å². The molecule has 2 heterocycles. The van der Waals surface area contributed by atoms with Crippen LogP contribution in [-0.4, -0.2) is 46.5 Å². The first-order valence-corrected chi connectivity index (χ1v) is 7.59. The van der Waals surface area contributed by atoms with E-state index in [1.165, 1.54) is 0 Å². The minimum atomic E-state index is -0.217. The molecule has 124 valence electrons. The number of hydrogen-bond donors (Lipinski definition) is 1. The molecule has 0 saturated heterocycles. The Morgan fingerprint density at radius 1 is 1.43 bits per heavy atom. The van der Waals surface area contributed by atoms with Crippen molar-refractivity contribution in [3.63, 3.8) is 0 Å². The second kappa shape index (κ2) is 8.28. The van der Waals surface area contributed by atoms with Crippen molar-refractivity contribution < 1.29 is 9.53 Å². The van der Waals surface area contributed by atoms with Gasteiger partial charge in [0.1, 0.15) is 0 Å². The van der Waals surface area contributed by atoms with Crippen molar-refractivity contribution in [2.75, 3.05) is 26.1 Å². The first-order valence-electron chi connectivity index (χ1n) is 7.59. The first kappa shape index (κ1) is 17.0. The number of carbonyl (C=O) groups is 1. The highest BCUT2D eigenvalue weighted by molar-refractivity contribution is 5.88. The van der Waals surface area contributed by atoms with Gasteiger partial charge in [0.15, 0.2) is 5.82 Å². The highest BCUT2D eigenvalue weighted by Gasteiger charge is 2.18. The molecule has 2 rings (SSSR count). The van der Waals surface area contributed by atoms with Gasteiger partial charge in [-0.3, -0.25) is 15.0 Å². The molecule has 0 aliphatic heterocycles. The van der Waals surface area contributed by atoms with Crippen molar-refractivity contribution in [2.24, 2.45) is 0 Å². The number of rotatable bonds is 7. The Kier molecular flexibility index (Phi) is 6.10. The van der Waals surface area contributed by atoms with E-state index in [0.29, 0.717) is 12.4 Å². The van der Waals surface area contributed by atoms with Crippen LogP contribution in [0.2, 0.25) is 0 Å². The van der Waals surface area contributed by atoms with Gasteiger partial charge < -0.3 is 9.64 Å². The lowest BCUT2D eigenvalue weighted by Crippen LogP contribution is -2.34. The van der Waals surface area contributed by atoms with Crippen LogP contribution in [0.15, 0.2) is 36.7 Å². The Hall–Kier alpha value is -2.41. The lowest BCUT2D eigenvalue weighted by molar-refractivity contribution is 0.189. The summed E-state index contributed by atoms with van der Waals surface area (Å²) in [7, 11) is 3.41. The molecule has 0 aliphatic rings. The smallest absolute Gasteiger partial charge is 0.323 e. The third-order valence-electron chi connectivity index (χ3n) is 3.63. The van der Waals surface area contributed by atoms with E-state index in [-0.39, 0.29) is 12.1 Å². The van der Waals surface area contributed by atoms with Gasteiger partial charge >= 0.3 is 6.03 Å². The summed E-state index contributed by atoms with van der Waals surface area (Å²) >= 11 is 0. The summed E-state index contributed by atoms with van der Waals surface area (Å²) in [5.41, 5.74) is 0.843. The molecule has 7 nitrogen and oxygen atoms in total. The largest absolute Gasteiger partial charge is 0.385 e. The molecule has 0 aromatic carbocycles. The molecule has 0 aliphatic carbocycles. The molecule has 2 amide bonds. The Bertz CT molecular complexity index is 614. The normalized spacial score (nSPS) is 12.0. The SMILES string of the molecule is COCCCn1ccc(NC(=O)N(C)[C@H](C)c2ccccn2)n1. The first-order chi connectivity index (χ1) is 11.1. The molecule has 0 bridgehead atoms. The summed E-state index contributed by atoms with van der Waals surface area (Å²) in [6.45, 7) is 3.38. The Morgan fingerprint density at radius 3 is 2.96 bits per heavy atom.